The van der Waals surface area contributed by atoms with E-state index in [0.717, 1.165) is 12.8 Å². The molecule has 0 radical (unpaired) electrons. The van der Waals surface area contributed by atoms with Gasteiger partial charge in [-0.2, -0.15) is 0 Å². The number of carbonyl (C=O) groups is 2. The number of nitrogens with one attached hydrogen (secondary N) is 1. The molecule has 0 aromatic heterocycles. The first-order chi connectivity index (χ1) is 14.2. The number of ether oxygens (including phenoxy) is 2. The summed E-state index contributed by atoms with van der Waals surface area (Å²) in [5, 5.41) is 43.1. The maximum Gasteiger partial charge on any atom is 0.305 e. The Morgan fingerprint density at radius 3 is 2.77 bits per heavy atom. The van der Waals surface area contributed by atoms with Crippen LogP contribution in [0.5, 0.6) is 0 Å². The Bertz CT molecular complexity index is 563. The molecular formula is C19H33NO8S2. The SMILES string of the molecule is CC(=O)NC1C(O)CC(O)(COC(=O)CCCCC2CCSS2)OC1CC(O)CO. The molecule has 11 heteroatoms. The van der Waals surface area contributed by atoms with Crippen molar-refractivity contribution < 1.29 is 39.5 Å². The number of aliphatic hydroxyl groups is 4. The van der Waals surface area contributed by atoms with E-state index in [-0.39, 0.29) is 19.3 Å². The molecule has 9 nitrogen and oxygen atoms in total. The lowest BCUT2D eigenvalue weighted by atomic mass is 9.90. The smallest absolute Gasteiger partial charge is 0.305 e. The van der Waals surface area contributed by atoms with E-state index in [0.29, 0.717) is 11.7 Å². The van der Waals surface area contributed by atoms with Gasteiger partial charge in [-0.3, -0.25) is 9.59 Å². The topological polar surface area (TPSA) is 146 Å². The van der Waals surface area contributed by atoms with Crippen LogP contribution in [-0.4, -0.2) is 86.7 Å². The monoisotopic (exact) mass is 467 g/mol. The molecule has 0 aromatic rings. The maximum absolute atomic E-state index is 12.0. The molecule has 2 saturated heterocycles. The van der Waals surface area contributed by atoms with E-state index in [1.807, 2.05) is 21.6 Å². The average molecular weight is 468 g/mol. The first kappa shape index (κ1) is 25.7. The van der Waals surface area contributed by atoms with Crippen LogP contribution in [-0.2, 0) is 19.1 Å². The first-order valence-electron chi connectivity index (χ1n) is 10.3. The molecule has 1 amide bonds. The second-order valence-electron chi connectivity index (χ2n) is 7.91. The van der Waals surface area contributed by atoms with Gasteiger partial charge in [0.15, 0.2) is 0 Å². The summed E-state index contributed by atoms with van der Waals surface area (Å²) in [6, 6.07) is -0.869. The molecule has 0 bridgehead atoms. The summed E-state index contributed by atoms with van der Waals surface area (Å²) < 4.78 is 10.8. The Labute approximate surface area is 184 Å². The van der Waals surface area contributed by atoms with Crippen molar-refractivity contribution in [1.82, 2.24) is 5.32 Å². The van der Waals surface area contributed by atoms with Crippen molar-refractivity contribution in [2.75, 3.05) is 19.0 Å². The predicted octanol–water partition coefficient (Wildman–Crippen LogP) is 0.330. The molecule has 5 N–H and O–H groups in total. The van der Waals surface area contributed by atoms with E-state index < -0.39 is 55.2 Å². The van der Waals surface area contributed by atoms with Gasteiger partial charge in [0.1, 0.15) is 6.61 Å². The number of hydrogen-bond donors (Lipinski definition) is 5. The zero-order valence-electron chi connectivity index (χ0n) is 17.2. The Kier molecular flexibility index (Phi) is 10.7. The fraction of sp³-hybridized carbons (Fsp3) is 0.895. The van der Waals surface area contributed by atoms with Crippen LogP contribution in [0.3, 0.4) is 0 Å². The molecule has 174 valence electrons. The summed E-state index contributed by atoms with van der Waals surface area (Å²) >= 11 is 0. The zero-order valence-corrected chi connectivity index (χ0v) is 18.8. The molecule has 2 aliphatic rings. The quantitative estimate of drug-likeness (QED) is 0.164. The van der Waals surface area contributed by atoms with Crippen LogP contribution in [0.4, 0.5) is 0 Å². The van der Waals surface area contributed by atoms with Gasteiger partial charge in [0.25, 0.3) is 0 Å². The summed E-state index contributed by atoms with van der Waals surface area (Å²) in [5.74, 6) is -1.62. The molecule has 2 aliphatic heterocycles. The lowest BCUT2D eigenvalue weighted by Crippen LogP contribution is -2.62. The van der Waals surface area contributed by atoms with E-state index in [1.54, 1.807) is 0 Å². The molecule has 0 saturated carbocycles. The minimum Gasteiger partial charge on any atom is -0.460 e. The van der Waals surface area contributed by atoms with Gasteiger partial charge in [0.2, 0.25) is 11.7 Å². The normalized spacial score (nSPS) is 32.6. The van der Waals surface area contributed by atoms with E-state index >= 15 is 0 Å². The van der Waals surface area contributed by atoms with Crippen molar-refractivity contribution in [3.8, 4) is 0 Å². The summed E-state index contributed by atoms with van der Waals surface area (Å²) in [5.41, 5.74) is 0. The van der Waals surface area contributed by atoms with Crippen molar-refractivity contribution in [2.45, 2.75) is 87.3 Å². The zero-order chi connectivity index (χ0) is 22.1. The van der Waals surface area contributed by atoms with Crippen LogP contribution >= 0.6 is 21.6 Å². The highest BCUT2D eigenvalue weighted by Gasteiger charge is 2.47. The van der Waals surface area contributed by atoms with E-state index in [9.17, 15) is 24.9 Å². The van der Waals surface area contributed by atoms with Gasteiger partial charge in [0, 0.05) is 37.2 Å². The minimum absolute atomic E-state index is 0.119. The standard InChI is InChI=1S/C19H33NO8S2/c1-12(22)20-18-15(24)9-19(26,28-16(18)8-13(23)10-21)11-27-17(25)5-3-2-4-14-6-7-29-30-14/h13-16,18,21,23-24,26H,2-11H2,1H3,(H,20,22). The second kappa shape index (κ2) is 12.5. The number of esters is 1. The summed E-state index contributed by atoms with van der Waals surface area (Å²) in [6.45, 7) is 0.282. The molecule has 0 spiro atoms. The number of rotatable bonds is 11. The number of hydrogen-bond acceptors (Lipinski definition) is 10. The lowest BCUT2D eigenvalue weighted by molar-refractivity contribution is -0.298. The number of aliphatic hydroxyl groups excluding tert-OH is 3. The van der Waals surface area contributed by atoms with Gasteiger partial charge >= 0.3 is 5.97 Å². The van der Waals surface area contributed by atoms with E-state index in [2.05, 4.69) is 5.32 Å². The Morgan fingerprint density at radius 2 is 2.13 bits per heavy atom. The fourth-order valence-corrected chi connectivity index (χ4v) is 6.66. The number of unbranched alkanes of at least 4 members (excludes halogenated alkanes) is 1. The van der Waals surface area contributed by atoms with Crippen LogP contribution in [0.1, 0.15) is 51.9 Å². The molecule has 0 aliphatic carbocycles. The fourth-order valence-electron chi connectivity index (χ4n) is 3.63. The van der Waals surface area contributed by atoms with Crippen molar-refractivity contribution in [1.29, 1.82) is 0 Å². The predicted molar refractivity (Wildman–Crippen MR) is 114 cm³/mol. The van der Waals surface area contributed by atoms with Crippen molar-refractivity contribution in [3.63, 3.8) is 0 Å². The third-order valence-electron chi connectivity index (χ3n) is 5.14. The molecule has 30 heavy (non-hydrogen) atoms. The lowest BCUT2D eigenvalue weighted by Gasteiger charge is -2.44. The highest BCUT2D eigenvalue weighted by Crippen LogP contribution is 2.40. The number of amides is 1. The Hall–Kier alpha value is -0.560. The highest BCUT2D eigenvalue weighted by molar-refractivity contribution is 8.77. The number of carbonyl (C=O) groups excluding carboxylic acids is 2. The van der Waals surface area contributed by atoms with Crippen LogP contribution < -0.4 is 5.32 Å². The minimum atomic E-state index is -1.94. The van der Waals surface area contributed by atoms with Crippen LogP contribution in [0.2, 0.25) is 0 Å². The van der Waals surface area contributed by atoms with Crippen molar-refractivity contribution in [3.05, 3.63) is 0 Å². The maximum atomic E-state index is 12.0. The van der Waals surface area contributed by atoms with Gasteiger partial charge in [-0.1, -0.05) is 28.0 Å². The summed E-state index contributed by atoms with van der Waals surface area (Å²) in [6.07, 6.45) is 0.477. The van der Waals surface area contributed by atoms with Gasteiger partial charge in [0.05, 0.1) is 31.0 Å². The largest absolute Gasteiger partial charge is 0.460 e. The van der Waals surface area contributed by atoms with E-state index in [4.69, 9.17) is 14.6 Å². The summed E-state index contributed by atoms with van der Waals surface area (Å²) in [4.78, 5) is 23.5. The molecule has 2 rings (SSSR count). The Morgan fingerprint density at radius 1 is 1.37 bits per heavy atom. The molecule has 2 fully saturated rings. The first-order valence-corrected chi connectivity index (χ1v) is 12.7. The van der Waals surface area contributed by atoms with Crippen molar-refractivity contribution in [2.24, 2.45) is 0 Å². The highest BCUT2D eigenvalue weighted by atomic mass is 33.1. The summed E-state index contributed by atoms with van der Waals surface area (Å²) in [7, 11) is 3.80. The van der Waals surface area contributed by atoms with Gasteiger partial charge < -0.3 is 35.2 Å². The van der Waals surface area contributed by atoms with Gasteiger partial charge in [-0.15, -0.1) is 0 Å². The average Bonchev–Trinajstić information content (AvgIpc) is 3.20. The second-order valence-corrected chi connectivity index (χ2v) is 10.7. The van der Waals surface area contributed by atoms with Crippen LogP contribution in [0, 0.1) is 0 Å². The third-order valence-corrected chi connectivity index (χ3v) is 8.15. The third kappa shape index (κ3) is 8.52. The van der Waals surface area contributed by atoms with Crippen molar-refractivity contribution >= 4 is 33.5 Å². The van der Waals surface area contributed by atoms with Gasteiger partial charge in [-0.05, 0) is 19.3 Å². The van der Waals surface area contributed by atoms with Crippen LogP contribution in [0.25, 0.3) is 0 Å². The van der Waals surface area contributed by atoms with Crippen LogP contribution in [0.15, 0.2) is 0 Å². The molecule has 0 aromatic carbocycles. The molecule has 2 heterocycles. The van der Waals surface area contributed by atoms with E-state index in [1.165, 1.54) is 19.1 Å². The van der Waals surface area contributed by atoms with Gasteiger partial charge in [-0.25, -0.2) is 0 Å². The molecule has 6 atom stereocenters. The Balaban J connectivity index is 1.81. The molecular weight excluding hydrogens is 434 g/mol. The molecule has 6 unspecified atom stereocenters.